The zero-order chi connectivity index (χ0) is 29.8. The Labute approximate surface area is 246 Å². The summed E-state index contributed by atoms with van der Waals surface area (Å²) in [4.78, 5) is 37.4. The molecule has 0 atom stereocenters. The van der Waals surface area contributed by atoms with E-state index in [1.165, 1.54) is 38.8 Å². The molecule has 1 saturated heterocycles. The summed E-state index contributed by atoms with van der Waals surface area (Å²) < 4.78 is 5.27. The molecule has 12 nitrogen and oxygen atoms in total. The molecule has 0 spiro atoms. The van der Waals surface area contributed by atoms with Crippen LogP contribution in [0.2, 0.25) is 5.02 Å². The van der Waals surface area contributed by atoms with Gasteiger partial charge in [0.2, 0.25) is 17.8 Å². The summed E-state index contributed by atoms with van der Waals surface area (Å²) in [5.74, 6) is 0.341. The van der Waals surface area contributed by atoms with Crippen molar-refractivity contribution in [2.75, 3.05) is 49.8 Å². The number of rotatable bonds is 10. The lowest BCUT2D eigenvalue weighted by Crippen LogP contribution is -3.10. The van der Waals surface area contributed by atoms with Crippen molar-refractivity contribution in [2.24, 2.45) is 0 Å². The lowest BCUT2D eigenvalue weighted by atomic mass is 10.0. The largest absolute Gasteiger partial charge is 0.495 e. The van der Waals surface area contributed by atoms with Gasteiger partial charge in [-0.25, -0.2) is 0 Å². The molecule has 2 aliphatic rings. The number of anilines is 4. The number of hydrogen-bond acceptors (Lipinski definition) is 9. The van der Waals surface area contributed by atoms with Gasteiger partial charge in [0.25, 0.3) is 0 Å². The fourth-order valence-electron chi connectivity index (χ4n) is 4.98. The number of aromatic nitrogens is 3. The number of aliphatic carboxylic acids is 2. The average Bonchev–Trinajstić information content (AvgIpc) is 3.21. The van der Waals surface area contributed by atoms with Gasteiger partial charge in [0, 0.05) is 37.7 Å². The number of carbonyl (C=O) groups is 2. The van der Waals surface area contributed by atoms with Gasteiger partial charge >= 0.3 is 11.9 Å². The topological polar surface area (TPSA) is 154 Å². The molecule has 5 N–H and O–H groups in total. The minimum atomic E-state index is -1.08. The minimum Gasteiger partial charge on any atom is -0.495 e. The molecule has 2 heterocycles. The van der Waals surface area contributed by atoms with Gasteiger partial charge in [-0.3, -0.25) is 9.59 Å². The van der Waals surface area contributed by atoms with Gasteiger partial charge in [-0.05, 0) is 31.0 Å². The second-order valence-corrected chi connectivity index (χ2v) is 11.1. The highest BCUT2D eigenvalue weighted by molar-refractivity contribution is 6.32. The zero-order valence-corrected chi connectivity index (χ0v) is 24.9. The van der Waals surface area contributed by atoms with Crippen LogP contribution in [-0.2, 0) is 9.59 Å². The van der Waals surface area contributed by atoms with Crippen LogP contribution in [-0.4, -0.2) is 83.5 Å². The number of nitrogens with zero attached hydrogens (tertiary/aromatic N) is 4. The molecule has 1 aliphatic carbocycles. The third-order valence-electron chi connectivity index (χ3n) is 7.44. The van der Waals surface area contributed by atoms with Crippen LogP contribution >= 0.6 is 11.6 Å². The lowest BCUT2D eigenvalue weighted by molar-refractivity contribution is -0.884. The molecular weight excluding hydrogens is 550 g/mol. The number of methoxy groups -OCH3 is 1. The molecule has 41 heavy (non-hydrogen) atoms. The molecule has 0 amide bonds. The van der Waals surface area contributed by atoms with E-state index in [1.807, 2.05) is 18.2 Å². The summed E-state index contributed by atoms with van der Waals surface area (Å²) in [6.45, 7) is 2.34. The van der Waals surface area contributed by atoms with E-state index in [-0.39, 0.29) is 12.8 Å². The van der Waals surface area contributed by atoms with Crippen molar-refractivity contribution < 1.29 is 29.4 Å². The number of carboxylic acids is 2. The lowest BCUT2D eigenvalue weighted by Gasteiger charge is -2.33. The van der Waals surface area contributed by atoms with Gasteiger partial charge in [0.05, 0.1) is 45.1 Å². The molecule has 0 unspecified atom stereocenters. The predicted molar refractivity (Wildman–Crippen MR) is 159 cm³/mol. The van der Waals surface area contributed by atoms with Crippen LogP contribution in [0.1, 0.15) is 64.2 Å². The van der Waals surface area contributed by atoms with Crippen LogP contribution < -0.4 is 25.2 Å². The number of hydrogen-bond donors (Lipinski definition) is 5. The highest BCUT2D eigenvalue weighted by Crippen LogP contribution is 2.29. The highest BCUT2D eigenvalue weighted by atomic mass is 35.5. The van der Waals surface area contributed by atoms with Gasteiger partial charge in [0.15, 0.2) is 0 Å². The van der Waals surface area contributed by atoms with Gasteiger partial charge < -0.3 is 35.4 Å². The van der Waals surface area contributed by atoms with E-state index < -0.39 is 11.9 Å². The van der Waals surface area contributed by atoms with Gasteiger partial charge in [-0.2, -0.15) is 15.0 Å². The Balaban J connectivity index is 0.000000507. The Kier molecular flexibility index (Phi) is 12.7. The van der Waals surface area contributed by atoms with E-state index in [9.17, 15) is 9.59 Å². The number of benzene rings is 1. The number of quaternary nitrogens is 1. The fraction of sp³-hybridized carbons (Fsp3) is 0.607. The second kappa shape index (κ2) is 16.2. The Morgan fingerprint density at radius 3 is 2.17 bits per heavy atom. The van der Waals surface area contributed by atoms with Crippen LogP contribution in [0, 0.1) is 0 Å². The number of ether oxygens (including phenoxy) is 1. The summed E-state index contributed by atoms with van der Waals surface area (Å²) in [5, 5.41) is 23.3. The standard InChI is InChI=1S/C24H36ClN7O.C4H6O4/c1-31-14-12-19(13-15-31)32(2)24-29-22(26-17-8-6-4-5-7-9-17)28-23(30-24)27-18-10-11-21(33-3)20(25)16-18;5-3(6)1-2-4(7)8/h10-11,16-17,19H,4-9,12-15H2,1-3H3,(H2,26,27,28,29,30);1-2H2,(H,5,6)(H,7,8)/p+1. The Morgan fingerprint density at radius 2 is 1.61 bits per heavy atom. The van der Waals surface area contributed by atoms with Crippen molar-refractivity contribution in [1.82, 2.24) is 15.0 Å². The molecule has 226 valence electrons. The quantitative estimate of drug-likeness (QED) is 0.258. The third-order valence-corrected chi connectivity index (χ3v) is 7.74. The first-order chi connectivity index (χ1) is 19.6. The maximum Gasteiger partial charge on any atom is 0.303 e. The van der Waals surface area contributed by atoms with Crippen molar-refractivity contribution in [1.29, 1.82) is 0 Å². The smallest absolute Gasteiger partial charge is 0.303 e. The molecule has 0 bridgehead atoms. The van der Waals surface area contributed by atoms with E-state index in [1.54, 1.807) is 12.0 Å². The SMILES string of the molecule is COc1ccc(Nc2nc(NC3CCCCCC3)nc(N(C)C3CC[NH+](C)CC3)n2)cc1Cl.O=C(O)CCC(=O)O. The molecule has 0 radical (unpaired) electrons. The number of likely N-dealkylation sites (tertiary alicyclic amines) is 1. The number of carboxylic acid groups (broad SMARTS) is 2. The third kappa shape index (κ3) is 10.8. The maximum atomic E-state index is 9.64. The normalized spacial score (nSPS) is 19.2. The second-order valence-electron chi connectivity index (χ2n) is 10.7. The van der Waals surface area contributed by atoms with E-state index >= 15 is 0 Å². The summed E-state index contributed by atoms with van der Waals surface area (Å²) in [6.07, 6.45) is 9.12. The number of piperidine rings is 1. The maximum absolute atomic E-state index is 9.64. The summed E-state index contributed by atoms with van der Waals surface area (Å²) in [5.41, 5.74) is 0.809. The Morgan fingerprint density at radius 1 is 1.00 bits per heavy atom. The van der Waals surface area contributed by atoms with E-state index in [2.05, 4.69) is 29.6 Å². The monoisotopic (exact) mass is 592 g/mol. The van der Waals surface area contributed by atoms with Crippen LogP contribution in [0.4, 0.5) is 23.5 Å². The molecule has 1 aromatic heterocycles. The highest BCUT2D eigenvalue weighted by Gasteiger charge is 2.26. The predicted octanol–water partition coefficient (Wildman–Crippen LogP) is 3.46. The summed E-state index contributed by atoms with van der Waals surface area (Å²) in [7, 11) is 5.97. The van der Waals surface area contributed by atoms with E-state index in [0.717, 1.165) is 31.4 Å². The first-order valence-electron chi connectivity index (χ1n) is 14.3. The van der Waals surface area contributed by atoms with Gasteiger partial charge in [0.1, 0.15) is 5.75 Å². The molecule has 1 saturated carbocycles. The van der Waals surface area contributed by atoms with Gasteiger partial charge in [-0.1, -0.05) is 37.3 Å². The molecule has 2 aromatic rings. The molecule has 13 heteroatoms. The van der Waals surface area contributed by atoms with Crippen molar-refractivity contribution >= 4 is 47.1 Å². The van der Waals surface area contributed by atoms with E-state index in [4.69, 9.17) is 41.5 Å². The van der Waals surface area contributed by atoms with Crippen molar-refractivity contribution in [2.45, 2.75) is 76.3 Å². The van der Waals surface area contributed by atoms with Gasteiger partial charge in [-0.15, -0.1) is 0 Å². The van der Waals surface area contributed by atoms with Crippen molar-refractivity contribution in [3.05, 3.63) is 23.2 Å². The van der Waals surface area contributed by atoms with Crippen LogP contribution in [0.5, 0.6) is 5.75 Å². The molecule has 1 aliphatic heterocycles. The number of nitrogens with one attached hydrogen (secondary N) is 3. The minimum absolute atomic E-state index is 0.296. The zero-order valence-electron chi connectivity index (χ0n) is 24.2. The van der Waals surface area contributed by atoms with E-state index in [0.29, 0.717) is 40.7 Å². The first kappa shape index (κ1) is 32.1. The van der Waals surface area contributed by atoms with Crippen molar-refractivity contribution in [3.8, 4) is 5.75 Å². The van der Waals surface area contributed by atoms with Crippen molar-refractivity contribution in [3.63, 3.8) is 0 Å². The Hall–Kier alpha value is -3.38. The summed E-state index contributed by atoms with van der Waals surface area (Å²) >= 11 is 6.33. The van der Waals surface area contributed by atoms with Crippen LogP contribution in [0.3, 0.4) is 0 Å². The Bertz CT molecular complexity index is 1120. The molecule has 2 fully saturated rings. The molecule has 1 aromatic carbocycles. The van der Waals surface area contributed by atoms with Crippen LogP contribution in [0.25, 0.3) is 0 Å². The summed E-state index contributed by atoms with van der Waals surface area (Å²) in [6, 6.07) is 6.42. The fourth-order valence-corrected chi connectivity index (χ4v) is 5.24. The number of halogens is 1. The molecular formula is C28H43ClN7O5+. The first-order valence-corrected chi connectivity index (χ1v) is 14.6. The molecule has 4 rings (SSSR count). The average molecular weight is 593 g/mol. The van der Waals surface area contributed by atoms with Crippen LogP contribution in [0.15, 0.2) is 18.2 Å².